The van der Waals surface area contributed by atoms with Crippen molar-refractivity contribution in [2.24, 2.45) is 13.0 Å². The molecular weight excluding hydrogens is 539 g/mol. The van der Waals surface area contributed by atoms with Crippen LogP contribution in [0.25, 0.3) is 0 Å². The number of amides is 1. The number of hydrogen-bond acceptors (Lipinski definition) is 4. The lowest BCUT2D eigenvalue weighted by Gasteiger charge is -2.39. The number of halogens is 1. The predicted octanol–water partition coefficient (Wildman–Crippen LogP) is 5.64. The standard InChI is InChI=1S/C32H33FN4O3S/c1-36-19-18-34-31(36)21-37(32(38)26-17-16-25(26)22-8-3-2-4-9-22)24-15-14-23-10-7-12-29(27(23)20-24)35-41(39,40)30-13-6-5-11-28(30)33/h2-6,8-9,11,13-15,18-20,25-26,29,35H,7,10,12,16-17,21H2,1H3/t25-,26+,29+/m1/s1. The molecule has 1 saturated carbocycles. The number of fused-ring (bicyclic) bond motifs is 1. The summed E-state index contributed by atoms with van der Waals surface area (Å²) in [6, 6.07) is 20.9. The highest BCUT2D eigenvalue weighted by Crippen LogP contribution is 2.44. The van der Waals surface area contributed by atoms with E-state index in [9.17, 15) is 17.6 Å². The Morgan fingerprint density at radius 3 is 2.54 bits per heavy atom. The van der Waals surface area contributed by atoms with Gasteiger partial charge in [-0.25, -0.2) is 22.5 Å². The molecular formula is C32H33FN4O3S. The second kappa shape index (κ2) is 11.2. The number of rotatable bonds is 8. The molecule has 3 atom stereocenters. The SMILES string of the molecule is Cn1ccnc1CN(C(=O)[C@H]1CC[C@@H]1c1ccccc1)c1ccc2c(c1)[C@@H](NS(=O)(=O)c1ccccc1F)CCC2. The van der Waals surface area contributed by atoms with E-state index >= 15 is 0 Å². The van der Waals surface area contributed by atoms with Crippen LogP contribution >= 0.6 is 0 Å². The number of benzene rings is 3. The van der Waals surface area contributed by atoms with Crippen LogP contribution in [0.3, 0.4) is 0 Å². The van der Waals surface area contributed by atoms with E-state index in [0.717, 1.165) is 48.7 Å². The zero-order valence-corrected chi connectivity index (χ0v) is 23.7. The molecule has 1 heterocycles. The summed E-state index contributed by atoms with van der Waals surface area (Å²) in [4.78, 5) is 20.1. The minimum absolute atomic E-state index is 0.0346. The maximum absolute atomic E-state index is 14.4. The number of carbonyl (C=O) groups is 1. The van der Waals surface area contributed by atoms with E-state index < -0.39 is 21.9 Å². The molecule has 7 nitrogen and oxygen atoms in total. The Morgan fingerprint density at radius 1 is 1.05 bits per heavy atom. The molecule has 1 aromatic heterocycles. The van der Waals surface area contributed by atoms with Gasteiger partial charge in [0.2, 0.25) is 15.9 Å². The molecule has 9 heteroatoms. The number of aromatic nitrogens is 2. The highest BCUT2D eigenvalue weighted by Gasteiger charge is 2.40. The molecule has 0 radical (unpaired) electrons. The Kier molecular flexibility index (Phi) is 7.48. The number of sulfonamides is 1. The molecule has 0 unspecified atom stereocenters. The third kappa shape index (κ3) is 5.44. The molecule has 1 amide bonds. The molecule has 0 aliphatic heterocycles. The Balaban J connectivity index is 1.34. The van der Waals surface area contributed by atoms with E-state index in [1.54, 1.807) is 11.1 Å². The van der Waals surface area contributed by atoms with Gasteiger partial charge in [-0.05, 0) is 79.0 Å². The van der Waals surface area contributed by atoms with Crippen molar-refractivity contribution in [1.82, 2.24) is 14.3 Å². The van der Waals surface area contributed by atoms with Crippen molar-refractivity contribution >= 4 is 21.6 Å². The quantitative estimate of drug-likeness (QED) is 0.296. The van der Waals surface area contributed by atoms with Crippen LogP contribution in [0.1, 0.15) is 60.2 Å². The minimum Gasteiger partial charge on any atom is -0.337 e. The highest BCUT2D eigenvalue weighted by atomic mass is 32.2. The summed E-state index contributed by atoms with van der Waals surface area (Å²) in [6.07, 6.45) is 7.53. The molecule has 3 aromatic carbocycles. The predicted molar refractivity (Wildman–Crippen MR) is 155 cm³/mol. The highest BCUT2D eigenvalue weighted by molar-refractivity contribution is 7.89. The van der Waals surface area contributed by atoms with E-state index in [1.165, 1.54) is 23.8 Å². The van der Waals surface area contributed by atoms with Gasteiger partial charge in [-0.15, -0.1) is 0 Å². The number of nitrogens with zero attached hydrogens (tertiary/aromatic N) is 3. The molecule has 2 aliphatic rings. The zero-order valence-electron chi connectivity index (χ0n) is 22.9. The Labute approximate surface area is 240 Å². The van der Waals surface area contributed by atoms with E-state index in [2.05, 4.69) is 21.8 Å². The first-order valence-corrected chi connectivity index (χ1v) is 15.5. The van der Waals surface area contributed by atoms with Crippen LogP contribution in [0.5, 0.6) is 0 Å². The molecule has 0 saturated heterocycles. The van der Waals surface area contributed by atoms with Crippen molar-refractivity contribution < 1.29 is 17.6 Å². The van der Waals surface area contributed by atoms with Gasteiger partial charge in [-0.2, -0.15) is 0 Å². The van der Waals surface area contributed by atoms with Gasteiger partial charge in [0.25, 0.3) is 0 Å². The van der Waals surface area contributed by atoms with Gasteiger partial charge < -0.3 is 9.47 Å². The van der Waals surface area contributed by atoms with Crippen molar-refractivity contribution in [3.8, 4) is 0 Å². The molecule has 41 heavy (non-hydrogen) atoms. The summed E-state index contributed by atoms with van der Waals surface area (Å²) in [7, 11) is -2.19. The molecule has 0 spiro atoms. The Hall–Kier alpha value is -3.82. The number of aryl methyl sites for hydroxylation is 2. The topological polar surface area (TPSA) is 84.3 Å². The van der Waals surface area contributed by atoms with Crippen LogP contribution in [0.4, 0.5) is 10.1 Å². The van der Waals surface area contributed by atoms with Crippen molar-refractivity contribution in [3.63, 3.8) is 0 Å². The second-order valence-electron chi connectivity index (χ2n) is 11.0. The fourth-order valence-corrected chi connectivity index (χ4v) is 7.40. The monoisotopic (exact) mass is 572 g/mol. The van der Waals surface area contributed by atoms with Crippen LogP contribution in [-0.4, -0.2) is 23.9 Å². The van der Waals surface area contributed by atoms with Crippen LogP contribution in [0.15, 0.2) is 90.1 Å². The first kappa shape index (κ1) is 27.4. The average Bonchev–Trinajstić information content (AvgIpc) is 3.35. The van der Waals surface area contributed by atoms with Crippen molar-refractivity contribution in [2.75, 3.05) is 4.90 Å². The molecule has 2 aliphatic carbocycles. The van der Waals surface area contributed by atoms with Crippen molar-refractivity contribution in [2.45, 2.75) is 55.5 Å². The summed E-state index contributed by atoms with van der Waals surface area (Å²) in [6.45, 7) is 0.296. The van der Waals surface area contributed by atoms with Crippen LogP contribution < -0.4 is 9.62 Å². The summed E-state index contributed by atoms with van der Waals surface area (Å²) in [5, 5.41) is 0. The van der Waals surface area contributed by atoms with Crippen molar-refractivity contribution in [1.29, 1.82) is 0 Å². The summed E-state index contributed by atoms with van der Waals surface area (Å²) in [5.41, 5.74) is 3.71. The summed E-state index contributed by atoms with van der Waals surface area (Å²) >= 11 is 0. The van der Waals surface area contributed by atoms with E-state index in [1.807, 2.05) is 54.2 Å². The molecule has 6 rings (SSSR count). The van der Waals surface area contributed by atoms with E-state index in [4.69, 9.17) is 0 Å². The largest absolute Gasteiger partial charge is 0.337 e. The van der Waals surface area contributed by atoms with Gasteiger partial charge in [-0.1, -0.05) is 48.5 Å². The number of hydrogen-bond donors (Lipinski definition) is 1. The minimum atomic E-state index is -4.09. The van der Waals surface area contributed by atoms with Gasteiger partial charge in [0, 0.05) is 37.1 Å². The Bertz CT molecular complexity index is 1670. The van der Waals surface area contributed by atoms with Gasteiger partial charge >= 0.3 is 0 Å². The molecule has 1 N–H and O–H groups in total. The summed E-state index contributed by atoms with van der Waals surface area (Å²) < 4.78 is 45.4. The van der Waals surface area contributed by atoms with E-state index in [0.29, 0.717) is 18.7 Å². The molecule has 212 valence electrons. The second-order valence-corrected chi connectivity index (χ2v) is 12.6. The third-order valence-electron chi connectivity index (χ3n) is 8.48. The van der Waals surface area contributed by atoms with Crippen LogP contribution in [-0.2, 0) is 34.8 Å². The van der Waals surface area contributed by atoms with Gasteiger partial charge in [0.05, 0.1) is 6.54 Å². The number of nitrogens with one attached hydrogen (secondary N) is 1. The fraction of sp³-hybridized carbons (Fsp3) is 0.312. The van der Waals surface area contributed by atoms with Gasteiger partial charge in [0.15, 0.2) is 0 Å². The first-order valence-electron chi connectivity index (χ1n) is 14.0. The lowest BCUT2D eigenvalue weighted by molar-refractivity contribution is -0.125. The lowest BCUT2D eigenvalue weighted by atomic mass is 9.69. The number of imidazole rings is 1. The van der Waals surface area contributed by atoms with E-state index in [-0.39, 0.29) is 22.6 Å². The number of carbonyl (C=O) groups excluding carboxylic acids is 1. The Morgan fingerprint density at radius 2 is 1.83 bits per heavy atom. The zero-order chi connectivity index (χ0) is 28.6. The molecule has 4 aromatic rings. The summed E-state index contributed by atoms with van der Waals surface area (Å²) in [5.74, 6) is 0.00971. The van der Waals surface area contributed by atoms with Gasteiger partial charge in [-0.3, -0.25) is 4.79 Å². The molecule has 0 bridgehead atoms. The van der Waals surface area contributed by atoms with Gasteiger partial charge in [0.1, 0.15) is 16.5 Å². The first-order chi connectivity index (χ1) is 19.8. The maximum atomic E-state index is 14.4. The van der Waals surface area contributed by atoms with Crippen LogP contribution in [0.2, 0.25) is 0 Å². The normalized spacial score (nSPS) is 20.2. The lowest BCUT2D eigenvalue weighted by Crippen LogP contribution is -2.43. The fourth-order valence-electron chi connectivity index (χ4n) is 6.07. The number of anilines is 1. The third-order valence-corrected chi connectivity index (χ3v) is 9.99. The molecule has 1 fully saturated rings. The smallest absolute Gasteiger partial charge is 0.244 e. The maximum Gasteiger partial charge on any atom is 0.244 e. The van der Waals surface area contributed by atoms with Crippen molar-refractivity contribution in [3.05, 3.63) is 114 Å². The van der Waals surface area contributed by atoms with Crippen LogP contribution in [0, 0.1) is 11.7 Å². The average molecular weight is 573 g/mol.